The Hall–Kier alpha value is -2.08. The van der Waals surface area contributed by atoms with Gasteiger partial charge in [-0.3, -0.25) is 4.72 Å². The van der Waals surface area contributed by atoms with Crippen molar-refractivity contribution in [2.75, 3.05) is 10.5 Å². The zero-order valence-corrected chi connectivity index (χ0v) is 12.7. The summed E-state index contributed by atoms with van der Waals surface area (Å²) in [6.07, 6.45) is 4.71. The van der Waals surface area contributed by atoms with Crippen molar-refractivity contribution in [3.63, 3.8) is 0 Å². The van der Waals surface area contributed by atoms with Gasteiger partial charge in [0.25, 0.3) is 10.0 Å². The standard InChI is InChI=1S/C15H19N3O2S/c1-2-3-5-12-7-9-13(10-8-12)18-21(19,20)14-6-4-11-17-15(14)16/h4,6-11,18H,2-3,5H2,1H3,(H2,16,17). The average molecular weight is 305 g/mol. The van der Waals surface area contributed by atoms with Crippen LogP contribution in [0.5, 0.6) is 0 Å². The molecule has 1 aromatic carbocycles. The lowest BCUT2D eigenvalue weighted by Gasteiger charge is -2.10. The van der Waals surface area contributed by atoms with Gasteiger partial charge in [-0.1, -0.05) is 25.5 Å². The number of nitrogen functional groups attached to an aromatic ring is 1. The number of aromatic nitrogens is 1. The smallest absolute Gasteiger partial charge is 0.265 e. The number of unbranched alkanes of at least 4 members (excludes halogenated alkanes) is 1. The summed E-state index contributed by atoms with van der Waals surface area (Å²) in [5.74, 6) is -0.00966. The van der Waals surface area contributed by atoms with Gasteiger partial charge in [0.15, 0.2) is 0 Å². The van der Waals surface area contributed by atoms with Crippen LogP contribution in [0.25, 0.3) is 0 Å². The summed E-state index contributed by atoms with van der Waals surface area (Å²) in [5, 5.41) is 0. The van der Waals surface area contributed by atoms with Crippen LogP contribution in [0.4, 0.5) is 11.5 Å². The minimum absolute atomic E-state index is 0.00966. The fraction of sp³-hybridized carbons (Fsp3) is 0.267. The van der Waals surface area contributed by atoms with E-state index in [2.05, 4.69) is 16.6 Å². The van der Waals surface area contributed by atoms with Crippen molar-refractivity contribution in [2.45, 2.75) is 31.1 Å². The second kappa shape index (κ2) is 6.58. The molecule has 3 N–H and O–H groups in total. The molecule has 6 heteroatoms. The molecule has 0 aliphatic carbocycles. The summed E-state index contributed by atoms with van der Waals surface area (Å²) in [7, 11) is -3.71. The minimum atomic E-state index is -3.71. The van der Waals surface area contributed by atoms with E-state index in [0.717, 1.165) is 19.3 Å². The second-order valence-corrected chi connectivity index (χ2v) is 6.44. The highest BCUT2D eigenvalue weighted by Crippen LogP contribution is 2.20. The van der Waals surface area contributed by atoms with Crippen LogP contribution in [0.2, 0.25) is 0 Å². The zero-order valence-electron chi connectivity index (χ0n) is 11.9. The number of hydrogen-bond donors (Lipinski definition) is 2. The molecule has 1 heterocycles. The molecular formula is C15H19N3O2S. The lowest BCUT2D eigenvalue weighted by atomic mass is 10.1. The fourth-order valence-electron chi connectivity index (χ4n) is 1.96. The SMILES string of the molecule is CCCCc1ccc(NS(=O)(=O)c2cccnc2N)cc1. The summed E-state index contributed by atoms with van der Waals surface area (Å²) in [6, 6.07) is 10.4. The molecule has 2 aromatic rings. The van der Waals surface area contributed by atoms with Gasteiger partial charge < -0.3 is 5.73 Å². The molecular weight excluding hydrogens is 286 g/mol. The Morgan fingerprint density at radius 2 is 1.90 bits per heavy atom. The van der Waals surface area contributed by atoms with Crippen LogP contribution in [0.3, 0.4) is 0 Å². The molecule has 0 aliphatic rings. The first-order valence-electron chi connectivity index (χ1n) is 6.85. The summed E-state index contributed by atoms with van der Waals surface area (Å²) in [4.78, 5) is 3.78. The van der Waals surface area contributed by atoms with Gasteiger partial charge in [0.1, 0.15) is 10.7 Å². The van der Waals surface area contributed by atoms with Crippen LogP contribution in [0, 0.1) is 0 Å². The Bertz CT molecular complexity index is 697. The van der Waals surface area contributed by atoms with E-state index in [1.165, 1.54) is 17.8 Å². The van der Waals surface area contributed by atoms with E-state index in [1.54, 1.807) is 18.2 Å². The summed E-state index contributed by atoms with van der Waals surface area (Å²) in [5.41, 5.74) is 7.32. The highest BCUT2D eigenvalue weighted by atomic mass is 32.2. The van der Waals surface area contributed by atoms with Gasteiger partial charge in [-0.05, 0) is 42.7 Å². The van der Waals surface area contributed by atoms with E-state index in [4.69, 9.17) is 5.73 Å². The van der Waals surface area contributed by atoms with Crippen molar-refractivity contribution in [1.29, 1.82) is 0 Å². The molecule has 112 valence electrons. The molecule has 2 rings (SSSR count). The monoisotopic (exact) mass is 305 g/mol. The maximum atomic E-state index is 12.2. The average Bonchev–Trinajstić information content (AvgIpc) is 2.46. The van der Waals surface area contributed by atoms with E-state index < -0.39 is 10.0 Å². The van der Waals surface area contributed by atoms with Crippen LogP contribution >= 0.6 is 0 Å². The number of hydrogen-bond acceptors (Lipinski definition) is 4. The van der Waals surface area contributed by atoms with Crippen LogP contribution in [-0.4, -0.2) is 13.4 Å². The zero-order chi connectivity index (χ0) is 15.3. The number of nitrogens with two attached hydrogens (primary N) is 1. The fourth-order valence-corrected chi connectivity index (χ4v) is 3.10. The Kier molecular flexibility index (Phi) is 4.80. The van der Waals surface area contributed by atoms with Crippen LogP contribution in [-0.2, 0) is 16.4 Å². The number of benzene rings is 1. The van der Waals surface area contributed by atoms with Crippen molar-refractivity contribution in [3.8, 4) is 0 Å². The molecule has 1 aromatic heterocycles. The van der Waals surface area contributed by atoms with Crippen LogP contribution < -0.4 is 10.5 Å². The first-order chi connectivity index (χ1) is 10.0. The number of pyridine rings is 1. The molecule has 0 fully saturated rings. The summed E-state index contributed by atoms with van der Waals surface area (Å²) >= 11 is 0. The van der Waals surface area contributed by atoms with E-state index in [0.29, 0.717) is 5.69 Å². The van der Waals surface area contributed by atoms with Crippen LogP contribution in [0.1, 0.15) is 25.3 Å². The third-order valence-corrected chi connectivity index (χ3v) is 4.54. The normalized spacial score (nSPS) is 11.3. The first kappa shape index (κ1) is 15.3. The number of rotatable bonds is 6. The second-order valence-electron chi connectivity index (χ2n) is 4.79. The Labute approximate surface area is 125 Å². The predicted octanol–water partition coefficient (Wildman–Crippen LogP) is 2.81. The third kappa shape index (κ3) is 3.95. The minimum Gasteiger partial charge on any atom is -0.383 e. The quantitative estimate of drug-likeness (QED) is 0.859. The summed E-state index contributed by atoms with van der Waals surface area (Å²) < 4.78 is 27.0. The van der Waals surface area contributed by atoms with E-state index >= 15 is 0 Å². The Balaban J connectivity index is 2.16. The highest BCUT2D eigenvalue weighted by molar-refractivity contribution is 7.92. The molecule has 0 spiro atoms. The maximum Gasteiger partial charge on any atom is 0.265 e. The largest absolute Gasteiger partial charge is 0.383 e. The van der Waals surface area contributed by atoms with Gasteiger partial charge in [-0.25, -0.2) is 13.4 Å². The molecule has 0 atom stereocenters. The molecule has 0 unspecified atom stereocenters. The lowest BCUT2D eigenvalue weighted by Crippen LogP contribution is -2.15. The maximum absolute atomic E-state index is 12.2. The van der Waals surface area contributed by atoms with Gasteiger partial charge in [0, 0.05) is 11.9 Å². The molecule has 0 saturated heterocycles. The topological polar surface area (TPSA) is 85.1 Å². The van der Waals surface area contributed by atoms with E-state index in [9.17, 15) is 8.42 Å². The number of aryl methyl sites for hydroxylation is 1. The van der Waals surface area contributed by atoms with Gasteiger partial charge in [-0.2, -0.15) is 0 Å². The lowest BCUT2D eigenvalue weighted by molar-refractivity contribution is 0.601. The van der Waals surface area contributed by atoms with Gasteiger partial charge in [0.2, 0.25) is 0 Å². The van der Waals surface area contributed by atoms with Gasteiger partial charge in [-0.15, -0.1) is 0 Å². The molecule has 0 bridgehead atoms. The van der Waals surface area contributed by atoms with Crippen molar-refractivity contribution < 1.29 is 8.42 Å². The van der Waals surface area contributed by atoms with Gasteiger partial charge in [0.05, 0.1) is 0 Å². The van der Waals surface area contributed by atoms with E-state index in [1.807, 2.05) is 12.1 Å². The Morgan fingerprint density at radius 1 is 1.19 bits per heavy atom. The number of nitrogens with zero attached hydrogens (tertiary/aromatic N) is 1. The van der Waals surface area contributed by atoms with Crippen LogP contribution in [0.15, 0.2) is 47.5 Å². The van der Waals surface area contributed by atoms with E-state index in [-0.39, 0.29) is 10.7 Å². The molecule has 0 radical (unpaired) electrons. The number of nitrogens with one attached hydrogen (secondary N) is 1. The predicted molar refractivity (Wildman–Crippen MR) is 84.5 cm³/mol. The number of sulfonamides is 1. The molecule has 21 heavy (non-hydrogen) atoms. The van der Waals surface area contributed by atoms with Gasteiger partial charge >= 0.3 is 0 Å². The number of anilines is 2. The molecule has 0 aliphatic heterocycles. The van der Waals surface area contributed by atoms with Crippen molar-refractivity contribution >= 4 is 21.5 Å². The Morgan fingerprint density at radius 3 is 2.52 bits per heavy atom. The highest BCUT2D eigenvalue weighted by Gasteiger charge is 2.17. The molecule has 5 nitrogen and oxygen atoms in total. The van der Waals surface area contributed by atoms with Crippen molar-refractivity contribution in [2.24, 2.45) is 0 Å². The molecule has 0 amide bonds. The van der Waals surface area contributed by atoms with Crippen molar-refractivity contribution in [1.82, 2.24) is 4.98 Å². The molecule has 0 saturated carbocycles. The summed E-state index contributed by atoms with van der Waals surface area (Å²) in [6.45, 7) is 2.14. The third-order valence-electron chi connectivity index (χ3n) is 3.11. The first-order valence-corrected chi connectivity index (χ1v) is 8.33. The van der Waals surface area contributed by atoms with Crippen molar-refractivity contribution in [3.05, 3.63) is 48.2 Å².